The molecule has 2 aromatic rings. The van der Waals surface area contributed by atoms with E-state index in [1.54, 1.807) is 0 Å². The zero-order valence-electron chi connectivity index (χ0n) is 19.9. The van der Waals surface area contributed by atoms with Crippen LogP contribution in [0.1, 0.15) is 52.0 Å². The Labute approximate surface area is 192 Å². The van der Waals surface area contributed by atoms with Gasteiger partial charge in [-0.3, -0.25) is 4.79 Å². The molecule has 3 rings (SSSR count). The second-order valence-electron chi connectivity index (χ2n) is 10.0. The van der Waals surface area contributed by atoms with Crippen molar-refractivity contribution in [2.24, 2.45) is 5.41 Å². The minimum Gasteiger partial charge on any atom is -0.493 e. The Morgan fingerprint density at radius 3 is 2.12 bits per heavy atom. The number of quaternary nitrogens is 1. The summed E-state index contributed by atoms with van der Waals surface area (Å²) in [5, 5.41) is 10.9. The molecule has 5 nitrogen and oxygen atoms in total. The summed E-state index contributed by atoms with van der Waals surface area (Å²) < 4.78 is 6.76. The molecule has 0 radical (unpaired) electrons. The molecule has 0 aromatic heterocycles. The molecule has 1 fully saturated rings. The third-order valence-corrected chi connectivity index (χ3v) is 6.27. The maximum absolute atomic E-state index is 12.9. The SMILES string of the molecule is CN(C(=O)CC(C)(C)C)[N+]1(CCCOc2ccc(-c3ccc(C#N)cc3)cc2)CCCC1. The van der Waals surface area contributed by atoms with Crippen molar-refractivity contribution in [1.82, 2.24) is 5.01 Å². The highest BCUT2D eigenvalue weighted by Gasteiger charge is 2.39. The Kier molecular flexibility index (Phi) is 7.58. The van der Waals surface area contributed by atoms with Crippen LogP contribution in [-0.4, -0.2) is 48.8 Å². The molecule has 32 heavy (non-hydrogen) atoms. The molecule has 0 spiro atoms. The highest BCUT2D eigenvalue weighted by atomic mass is 16.5. The standard InChI is InChI=1S/C27H36N3O2/c1-27(2,3)20-26(31)29(4)30(16-5-6-17-30)18-7-19-32-25-14-12-24(13-15-25)23-10-8-22(21-28)9-11-23/h8-15H,5-7,16-20H2,1-4H3/q+1. The van der Waals surface area contributed by atoms with Crippen LogP contribution in [0.2, 0.25) is 0 Å². The Bertz CT molecular complexity index is 931. The lowest BCUT2D eigenvalue weighted by molar-refractivity contribution is -1.01. The van der Waals surface area contributed by atoms with E-state index in [0.29, 0.717) is 18.6 Å². The van der Waals surface area contributed by atoms with Gasteiger partial charge in [-0.2, -0.15) is 10.3 Å². The van der Waals surface area contributed by atoms with E-state index in [1.807, 2.05) is 60.6 Å². The number of likely N-dealkylation sites (tertiary alicyclic amines) is 1. The first-order valence-corrected chi connectivity index (χ1v) is 11.6. The number of benzene rings is 2. The molecular formula is C27H36N3O2+. The lowest BCUT2D eigenvalue weighted by Gasteiger charge is -2.41. The van der Waals surface area contributed by atoms with Crippen LogP contribution in [0.3, 0.4) is 0 Å². The fourth-order valence-electron chi connectivity index (χ4n) is 4.43. The highest BCUT2D eigenvalue weighted by Crippen LogP contribution is 2.27. The number of rotatable bonds is 8. The van der Waals surface area contributed by atoms with Gasteiger partial charge in [0.05, 0.1) is 25.3 Å². The molecule has 1 aliphatic heterocycles. The summed E-state index contributed by atoms with van der Waals surface area (Å²) in [7, 11) is 1.97. The van der Waals surface area contributed by atoms with Gasteiger partial charge in [0.2, 0.25) is 0 Å². The summed E-state index contributed by atoms with van der Waals surface area (Å²) in [6, 6.07) is 17.8. The molecule has 170 valence electrons. The second-order valence-corrected chi connectivity index (χ2v) is 10.0. The van der Waals surface area contributed by atoms with Crippen molar-refractivity contribution in [2.75, 3.05) is 33.3 Å². The van der Waals surface area contributed by atoms with Crippen LogP contribution in [0.15, 0.2) is 48.5 Å². The quantitative estimate of drug-likeness (QED) is 0.412. The van der Waals surface area contributed by atoms with E-state index in [4.69, 9.17) is 10.00 Å². The molecule has 0 atom stereocenters. The van der Waals surface area contributed by atoms with Crippen LogP contribution < -0.4 is 4.74 Å². The van der Waals surface area contributed by atoms with E-state index >= 15 is 0 Å². The van der Waals surface area contributed by atoms with Crippen molar-refractivity contribution in [1.29, 1.82) is 5.26 Å². The van der Waals surface area contributed by atoms with E-state index in [0.717, 1.165) is 47.5 Å². The topological polar surface area (TPSA) is 53.3 Å². The Morgan fingerprint density at radius 2 is 1.59 bits per heavy atom. The molecule has 1 amide bonds. The molecule has 0 N–H and O–H groups in total. The predicted molar refractivity (Wildman–Crippen MR) is 128 cm³/mol. The summed E-state index contributed by atoms with van der Waals surface area (Å²) in [6.07, 6.45) is 3.83. The van der Waals surface area contributed by atoms with Crippen molar-refractivity contribution in [3.63, 3.8) is 0 Å². The Hall–Kier alpha value is -2.84. The van der Waals surface area contributed by atoms with Gasteiger partial charge >= 0.3 is 0 Å². The zero-order chi connectivity index (χ0) is 23.2. The normalized spacial score (nSPS) is 15.2. The van der Waals surface area contributed by atoms with Crippen molar-refractivity contribution < 1.29 is 14.1 Å². The number of hydrogen-bond donors (Lipinski definition) is 0. The predicted octanol–water partition coefficient (Wildman–Crippen LogP) is 5.41. The third-order valence-electron chi connectivity index (χ3n) is 6.27. The van der Waals surface area contributed by atoms with Gasteiger partial charge in [-0.1, -0.05) is 45.0 Å². The first-order chi connectivity index (χ1) is 15.2. The van der Waals surface area contributed by atoms with Gasteiger partial charge < -0.3 is 4.74 Å². The van der Waals surface area contributed by atoms with Crippen molar-refractivity contribution in [2.45, 2.75) is 46.5 Å². The number of carbonyl (C=O) groups is 1. The monoisotopic (exact) mass is 434 g/mol. The molecule has 1 saturated heterocycles. The molecule has 1 aliphatic rings. The minimum atomic E-state index is 0.00208. The first kappa shape index (κ1) is 23.8. The number of hydrogen-bond acceptors (Lipinski definition) is 3. The van der Waals surface area contributed by atoms with Gasteiger partial charge in [-0.25, -0.2) is 4.59 Å². The van der Waals surface area contributed by atoms with Gasteiger partial charge in [0.25, 0.3) is 5.91 Å². The summed E-state index contributed by atoms with van der Waals surface area (Å²) in [4.78, 5) is 12.9. The average molecular weight is 435 g/mol. The lowest BCUT2D eigenvalue weighted by atomic mass is 9.92. The molecular weight excluding hydrogens is 398 g/mol. The number of ether oxygens (including phenoxy) is 1. The zero-order valence-corrected chi connectivity index (χ0v) is 19.9. The number of nitrogens with zero attached hydrogens (tertiary/aromatic N) is 3. The molecule has 0 unspecified atom stereocenters. The van der Waals surface area contributed by atoms with Gasteiger partial charge in [-0.05, 0) is 40.8 Å². The highest BCUT2D eigenvalue weighted by molar-refractivity contribution is 5.75. The van der Waals surface area contributed by atoms with Gasteiger partial charge in [0.15, 0.2) is 0 Å². The van der Waals surface area contributed by atoms with E-state index in [9.17, 15) is 4.79 Å². The van der Waals surface area contributed by atoms with Crippen molar-refractivity contribution in [3.05, 3.63) is 54.1 Å². The van der Waals surface area contributed by atoms with E-state index in [-0.39, 0.29) is 11.3 Å². The van der Waals surface area contributed by atoms with Crippen LogP contribution in [0.25, 0.3) is 11.1 Å². The molecule has 2 aromatic carbocycles. The summed E-state index contributed by atoms with van der Waals surface area (Å²) in [5.74, 6) is 1.09. The van der Waals surface area contributed by atoms with Gasteiger partial charge in [-0.15, -0.1) is 0 Å². The first-order valence-electron chi connectivity index (χ1n) is 11.6. The number of nitriles is 1. The van der Waals surface area contributed by atoms with E-state index in [1.165, 1.54) is 12.8 Å². The van der Waals surface area contributed by atoms with Crippen LogP contribution in [0, 0.1) is 16.7 Å². The molecule has 0 saturated carbocycles. The number of carbonyl (C=O) groups excluding carboxylic acids is 1. The fourth-order valence-corrected chi connectivity index (χ4v) is 4.43. The molecule has 1 heterocycles. The van der Waals surface area contributed by atoms with Gasteiger partial charge in [0.1, 0.15) is 25.4 Å². The number of amides is 1. The summed E-state index contributed by atoms with van der Waals surface area (Å²) in [6.45, 7) is 9.99. The van der Waals surface area contributed by atoms with Crippen molar-refractivity contribution >= 4 is 5.91 Å². The largest absolute Gasteiger partial charge is 0.493 e. The molecule has 5 heteroatoms. The van der Waals surface area contributed by atoms with Crippen molar-refractivity contribution in [3.8, 4) is 22.9 Å². The molecule has 0 bridgehead atoms. The van der Waals surface area contributed by atoms with E-state index < -0.39 is 0 Å². The fraction of sp³-hybridized carbons (Fsp3) is 0.481. The Morgan fingerprint density at radius 1 is 1.03 bits per heavy atom. The summed E-state index contributed by atoms with van der Waals surface area (Å²) in [5.41, 5.74) is 2.85. The van der Waals surface area contributed by atoms with Crippen LogP contribution in [0.5, 0.6) is 5.75 Å². The lowest BCUT2D eigenvalue weighted by Crippen LogP contribution is -2.60. The Balaban J connectivity index is 1.52. The summed E-state index contributed by atoms with van der Waals surface area (Å²) >= 11 is 0. The van der Waals surface area contributed by atoms with Crippen LogP contribution >= 0.6 is 0 Å². The maximum Gasteiger partial charge on any atom is 0.268 e. The average Bonchev–Trinajstić information content (AvgIpc) is 3.25. The van der Waals surface area contributed by atoms with Crippen LogP contribution in [0.4, 0.5) is 0 Å². The molecule has 0 aliphatic carbocycles. The maximum atomic E-state index is 12.9. The third kappa shape index (κ3) is 6.11. The van der Waals surface area contributed by atoms with Gasteiger partial charge in [0, 0.05) is 25.7 Å². The minimum absolute atomic E-state index is 0.00208. The smallest absolute Gasteiger partial charge is 0.268 e. The van der Waals surface area contributed by atoms with E-state index in [2.05, 4.69) is 26.8 Å². The second kappa shape index (κ2) is 10.2. The van der Waals surface area contributed by atoms with Crippen LogP contribution in [-0.2, 0) is 4.79 Å².